The van der Waals surface area contributed by atoms with Gasteiger partial charge in [-0.3, -0.25) is 0 Å². The first-order valence-electron chi connectivity index (χ1n) is 7.94. The molecule has 108 valence electrons. The summed E-state index contributed by atoms with van der Waals surface area (Å²) in [5, 5.41) is 0. The average molecular weight is 278 g/mol. The molecule has 1 saturated heterocycles. The molecule has 4 rings (SSSR count). The van der Waals surface area contributed by atoms with Crippen molar-refractivity contribution in [1.29, 1.82) is 0 Å². The second kappa shape index (κ2) is 5.19. The topological polar surface area (TPSA) is 6.48 Å². The van der Waals surface area contributed by atoms with Crippen molar-refractivity contribution in [2.75, 3.05) is 31.6 Å². The maximum atomic E-state index is 2.64. The smallest absolute Gasteiger partial charge is 0.0672 e. The third-order valence-corrected chi connectivity index (χ3v) is 4.90. The van der Waals surface area contributed by atoms with Gasteiger partial charge >= 0.3 is 0 Å². The predicted octanol–water partition coefficient (Wildman–Crippen LogP) is 3.47. The van der Waals surface area contributed by atoms with Crippen molar-refractivity contribution in [3.63, 3.8) is 0 Å². The molecule has 0 amide bonds. The molecule has 2 aliphatic rings. The van der Waals surface area contributed by atoms with Gasteiger partial charge < -0.3 is 9.80 Å². The molecule has 0 spiro atoms. The molecule has 0 N–H and O–H groups in total. The van der Waals surface area contributed by atoms with Gasteiger partial charge in [0.05, 0.1) is 6.04 Å². The average Bonchev–Trinajstić information content (AvgIpc) is 2.76. The number of nitrogens with zero attached hydrogens (tertiary/aromatic N) is 2. The maximum Gasteiger partial charge on any atom is 0.0672 e. The van der Waals surface area contributed by atoms with Gasteiger partial charge in [-0.1, -0.05) is 42.5 Å². The summed E-state index contributed by atoms with van der Waals surface area (Å²) in [6.07, 6.45) is 2.30. The summed E-state index contributed by atoms with van der Waals surface area (Å²) in [5.41, 5.74) is 5.92. The molecule has 0 unspecified atom stereocenters. The number of para-hydroxylation sites is 1. The van der Waals surface area contributed by atoms with Gasteiger partial charge in [0, 0.05) is 18.8 Å². The number of hydrogen-bond acceptors (Lipinski definition) is 2. The SMILES string of the molecule is CN1CCCN2c3ccccc3Cc3ccccc3[C@@H]2C1. The van der Waals surface area contributed by atoms with Gasteiger partial charge in [-0.05, 0) is 49.2 Å². The van der Waals surface area contributed by atoms with E-state index in [0.29, 0.717) is 6.04 Å². The Morgan fingerprint density at radius 3 is 2.57 bits per heavy atom. The van der Waals surface area contributed by atoms with E-state index in [9.17, 15) is 0 Å². The van der Waals surface area contributed by atoms with E-state index in [-0.39, 0.29) is 0 Å². The van der Waals surface area contributed by atoms with Crippen LogP contribution in [0.3, 0.4) is 0 Å². The molecule has 21 heavy (non-hydrogen) atoms. The lowest BCUT2D eigenvalue weighted by molar-refractivity contribution is 0.333. The van der Waals surface area contributed by atoms with Crippen LogP contribution in [0.4, 0.5) is 5.69 Å². The fraction of sp³-hybridized carbons (Fsp3) is 0.368. The molecule has 2 heterocycles. The largest absolute Gasteiger partial charge is 0.363 e. The van der Waals surface area contributed by atoms with Gasteiger partial charge in [0.1, 0.15) is 0 Å². The lowest BCUT2D eigenvalue weighted by atomic mass is 9.97. The van der Waals surface area contributed by atoms with Crippen molar-refractivity contribution in [3.05, 3.63) is 65.2 Å². The lowest BCUT2D eigenvalue weighted by Crippen LogP contribution is -2.33. The van der Waals surface area contributed by atoms with Crippen LogP contribution in [0.2, 0.25) is 0 Å². The monoisotopic (exact) mass is 278 g/mol. The lowest BCUT2D eigenvalue weighted by Gasteiger charge is -2.33. The van der Waals surface area contributed by atoms with E-state index in [1.54, 1.807) is 0 Å². The zero-order valence-electron chi connectivity index (χ0n) is 12.6. The number of likely N-dealkylation sites (N-methyl/N-ethyl adjacent to an activating group) is 1. The zero-order valence-corrected chi connectivity index (χ0v) is 12.6. The Balaban J connectivity index is 1.90. The van der Waals surface area contributed by atoms with Crippen molar-refractivity contribution in [2.24, 2.45) is 0 Å². The van der Waals surface area contributed by atoms with Gasteiger partial charge in [0.2, 0.25) is 0 Å². The highest BCUT2D eigenvalue weighted by Crippen LogP contribution is 2.38. The minimum Gasteiger partial charge on any atom is -0.363 e. The number of anilines is 1. The molecule has 2 aliphatic heterocycles. The maximum absolute atomic E-state index is 2.64. The van der Waals surface area contributed by atoms with Gasteiger partial charge in [-0.2, -0.15) is 0 Å². The molecular weight excluding hydrogens is 256 g/mol. The predicted molar refractivity (Wildman–Crippen MR) is 87.9 cm³/mol. The van der Waals surface area contributed by atoms with Crippen molar-refractivity contribution in [3.8, 4) is 0 Å². The molecule has 2 heteroatoms. The molecule has 1 atom stereocenters. The summed E-state index contributed by atoms with van der Waals surface area (Å²) in [4.78, 5) is 5.13. The fourth-order valence-corrected chi connectivity index (χ4v) is 3.87. The molecule has 1 fully saturated rings. The van der Waals surface area contributed by atoms with Crippen molar-refractivity contribution >= 4 is 5.69 Å². The van der Waals surface area contributed by atoms with Crippen LogP contribution in [0, 0.1) is 0 Å². The van der Waals surface area contributed by atoms with Gasteiger partial charge in [-0.15, -0.1) is 0 Å². The highest BCUT2D eigenvalue weighted by atomic mass is 15.2. The van der Waals surface area contributed by atoms with Crippen LogP contribution in [0.25, 0.3) is 0 Å². The van der Waals surface area contributed by atoms with Crippen molar-refractivity contribution < 1.29 is 0 Å². The van der Waals surface area contributed by atoms with E-state index in [4.69, 9.17) is 0 Å². The number of benzene rings is 2. The summed E-state index contributed by atoms with van der Waals surface area (Å²) in [6, 6.07) is 18.4. The van der Waals surface area contributed by atoms with E-state index < -0.39 is 0 Å². The van der Waals surface area contributed by atoms with Crippen molar-refractivity contribution in [1.82, 2.24) is 4.90 Å². The molecule has 0 aromatic heterocycles. The van der Waals surface area contributed by atoms with E-state index in [2.05, 4.69) is 65.4 Å². The Bertz CT molecular complexity index is 650. The quantitative estimate of drug-likeness (QED) is 0.728. The highest BCUT2D eigenvalue weighted by Gasteiger charge is 2.30. The first-order chi connectivity index (χ1) is 10.3. The minimum atomic E-state index is 0.484. The van der Waals surface area contributed by atoms with Crippen LogP contribution >= 0.6 is 0 Å². The molecule has 0 saturated carbocycles. The third kappa shape index (κ3) is 2.24. The molecular formula is C19H22N2. The van der Waals surface area contributed by atoms with Crippen LogP contribution in [-0.2, 0) is 6.42 Å². The Morgan fingerprint density at radius 1 is 0.905 bits per heavy atom. The molecule has 2 nitrogen and oxygen atoms in total. The molecule has 2 aromatic rings. The number of rotatable bonds is 0. The van der Waals surface area contributed by atoms with Crippen LogP contribution in [0.1, 0.15) is 29.2 Å². The summed E-state index contributed by atoms with van der Waals surface area (Å²) >= 11 is 0. The second-order valence-corrected chi connectivity index (χ2v) is 6.33. The van der Waals surface area contributed by atoms with E-state index in [1.165, 1.54) is 35.3 Å². The van der Waals surface area contributed by atoms with Crippen LogP contribution < -0.4 is 4.90 Å². The standard InChI is InChI=1S/C19H22N2/c1-20-11-6-12-21-18-10-5-3-8-16(18)13-15-7-2-4-9-17(15)19(21)14-20/h2-5,7-10,19H,6,11-14H2,1H3/t19-/m0/s1. The van der Waals surface area contributed by atoms with Gasteiger partial charge in [0.15, 0.2) is 0 Å². The summed E-state index contributed by atoms with van der Waals surface area (Å²) in [6.45, 7) is 3.46. The summed E-state index contributed by atoms with van der Waals surface area (Å²) in [5.74, 6) is 0. The molecule has 0 bridgehead atoms. The zero-order chi connectivity index (χ0) is 14.2. The minimum absolute atomic E-state index is 0.484. The Hall–Kier alpha value is -1.80. The summed E-state index contributed by atoms with van der Waals surface area (Å²) in [7, 11) is 2.25. The first kappa shape index (κ1) is 12.9. The van der Waals surface area contributed by atoms with E-state index in [1.807, 2.05) is 0 Å². The molecule has 0 aliphatic carbocycles. The number of fused-ring (bicyclic) bond motifs is 5. The first-order valence-corrected chi connectivity index (χ1v) is 7.94. The van der Waals surface area contributed by atoms with E-state index in [0.717, 1.165) is 19.5 Å². The Labute approximate surface area is 127 Å². The van der Waals surface area contributed by atoms with E-state index >= 15 is 0 Å². The summed E-state index contributed by atoms with van der Waals surface area (Å²) < 4.78 is 0. The Kier molecular flexibility index (Phi) is 3.19. The van der Waals surface area contributed by atoms with Crippen LogP contribution in [0.5, 0.6) is 0 Å². The number of hydrogen-bond donors (Lipinski definition) is 0. The van der Waals surface area contributed by atoms with Gasteiger partial charge in [0.25, 0.3) is 0 Å². The van der Waals surface area contributed by atoms with Crippen molar-refractivity contribution in [2.45, 2.75) is 18.9 Å². The Morgan fingerprint density at radius 2 is 1.67 bits per heavy atom. The van der Waals surface area contributed by atoms with Gasteiger partial charge in [-0.25, -0.2) is 0 Å². The van der Waals surface area contributed by atoms with Crippen LogP contribution in [-0.4, -0.2) is 31.6 Å². The van der Waals surface area contributed by atoms with Crippen LogP contribution in [0.15, 0.2) is 48.5 Å². The normalized spacial score (nSPS) is 21.8. The second-order valence-electron chi connectivity index (χ2n) is 6.33. The molecule has 2 aromatic carbocycles. The molecule has 0 radical (unpaired) electrons. The third-order valence-electron chi connectivity index (χ3n) is 4.90. The highest BCUT2D eigenvalue weighted by molar-refractivity contribution is 5.60. The fourth-order valence-electron chi connectivity index (χ4n) is 3.87.